The second kappa shape index (κ2) is 5.50. The molecule has 0 aliphatic rings. The molecular formula is C13H12N4O3S2. The van der Waals surface area contributed by atoms with E-state index < -0.39 is 16.6 Å². The van der Waals surface area contributed by atoms with Crippen molar-refractivity contribution in [3.63, 3.8) is 0 Å². The molecule has 0 spiro atoms. The maximum Gasteiger partial charge on any atom is 0.347 e. The molecular weight excluding hydrogens is 324 g/mol. The standard InChI is InChI=1S/C13H12N4O3S2/c1-3-5-8(4-2)16-10-6-9-12(21-15-14-9)7-11(10)17(13(16)18)22(19)20/h3-7,22H,1-2H3/b5-3-,8-4+. The predicted octanol–water partition coefficient (Wildman–Crippen LogP) is 1.62. The lowest BCUT2D eigenvalue weighted by molar-refractivity contribution is 0.606. The summed E-state index contributed by atoms with van der Waals surface area (Å²) in [5, 5.41) is 3.98. The van der Waals surface area contributed by atoms with Gasteiger partial charge in [-0.25, -0.2) is 13.2 Å². The minimum atomic E-state index is -3.08. The van der Waals surface area contributed by atoms with Crippen molar-refractivity contribution in [1.29, 1.82) is 0 Å². The number of hydrogen-bond donors (Lipinski definition) is 1. The highest BCUT2D eigenvalue weighted by atomic mass is 32.2. The van der Waals surface area contributed by atoms with Crippen molar-refractivity contribution >= 4 is 49.4 Å². The lowest BCUT2D eigenvalue weighted by atomic mass is 10.2. The van der Waals surface area contributed by atoms with E-state index in [2.05, 4.69) is 9.59 Å². The van der Waals surface area contributed by atoms with E-state index >= 15 is 0 Å². The Balaban J connectivity index is 2.55. The third-order valence-electron chi connectivity index (χ3n) is 3.24. The van der Waals surface area contributed by atoms with Crippen LogP contribution in [0.4, 0.5) is 0 Å². The molecule has 0 unspecified atom stereocenters. The number of hydrogen-bond acceptors (Lipinski definition) is 6. The van der Waals surface area contributed by atoms with Crippen molar-refractivity contribution < 1.29 is 8.42 Å². The highest BCUT2D eigenvalue weighted by Crippen LogP contribution is 2.25. The Morgan fingerprint density at radius 3 is 2.68 bits per heavy atom. The summed E-state index contributed by atoms with van der Waals surface area (Å²) in [6.07, 6.45) is 5.27. The zero-order valence-corrected chi connectivity index (χ0v) is 13.5. The van der Waals surface area contributed by atoms with Gasteiger partial charge in [0.1, 0.15) is 5.52 Å². The summed E-state index contributed by atoms with van der Waals surface area (Å²) in [6, 6.07) is 3.30. The van der Waals surface area contributed by atoms with E-state index in [4.69, 9.17) is 0 Å². The fourth-order valence-corrected chi connectivity index (χ4v) is 3.47. The molecule has 2 aromatic heterocycles. The van der Waals surface area contributed by atoms with Crippen LogP contribution in [-0.2, 0) is 10.9 Å². The molecule has 22 heavy (non-hydrogen) atoms. The van der Waals surface area contributed by atoms with Crippen molar-refractivity contribution in [2.75, 3.05) is 0 Å². The predicted molar refractivity (Wildman–Crippen MR) is 87.6 cm³/mol. The van der Waals surface area contributed by atoms with Gasteiger partial charge in [-0.1, -0.05) is 16.6 Å². The maximum atomic E-state index is 12.5. The first kappa shape index (κ1) is 14.7. The zero-order valence-electron chi connectivity index (χ0n) is 11.8. The van der Waals surface area contributed by atoms with Crippen LogP contribution in [0.25, 0.3) is 26.9 Å². The molecule has 1 aromatic carbocycles. The number of nitrogens with zero attached hydrogens (tertiary/aromatic N) is 4. The van der Waals surface area contributed by atoms with Gasteiger partial charge in [-0.2, -0.15) is 3.97 Å². The van der Waals surface area contributed by atoms with Crippen molar-refractivity contribution in [2.24, 2.45) is 0 Å². The van der Waals surface area contributed by atoms with Crippen LogP contribution in [0.2, 0.25) is 0 Å². The van der Waals surface area contributed by atoms with Gasteiger partial charge in [0.15, 0.2) is 0 Å². The van der Waals surface area contributed by atoms with Gasteiger partial charge in [0.2, 0.25) is 10.9 Å². The summed E-state index contributed by atoms with van der Waals surface area (Å²) in [4.78, 5) is 12.5. The molecule has 7 nitrogen and oxygen atoms in total. The largest absolute Gasteiger partial charge is 0.347 e. The fraction of sp³-hybridized carbons (Fsp3) is 0.154. The number of thiol groups is 1. The molecule has 0 aliphatic heterocycles. The van der Waals surface area contributed by atoms with Gasteiger partial charge >= 0.3 is 5.69 Å². The Kier molecular flexibility index (Phi) is 3.67. The number of rotatable bonds is 3. The summed E-state index contributed by atoms with van der Waals surface area (Å²) >= 11 is 1.15. The van der Waals surface area contributed by atoms with Crippen molar-refractivity contribution in [1.82, 2.24) is 18.1 Å². The second-order valence-electron chi connectivity index (χ2n) is 4.46. The van der Waals surface area contributed by atoms with E-state index in [1.54, 1.807) is 37.3 Å². The normalized spacial score (nSPS) is 13.1. The first-order valence-corrected chi connectivity index (χ1v) is 8.32. The molecule has 114 valence electrons. The minimum Gasteiger partial charge on any atom is -0.260 e. The van der Waals surface area contributed by atoms with Crippen molar-refractivity contribution in [3.05, 3.63) is 40.8 Å². The summed E-state index contributed by atoms with van der Waals surface area (Å²) in [5.41, 5.74) is 1.40. The molecule has 0 atom stereocenters. The lowest BCUT2D eigenvalue weighted by Crippen LogP contribution is -2.23. The Morgan fingerprint density at radius 1 is 1.27 bits per heavy atom. The van der Waals surface area contributed by atoms with Crippen LogP contribution in [0.3, 0.4) is 0 Å². The Bertz CT molecular complexity index is 1060. The van der Waals surface area contributed by atoms with Crippen LogP contribution in [-0.4, -0.2) is 26.5 Å². The monoisotopic (exact) mass is 336 g/mol. The molecule has 3 aromatic rings. The quantitative estimate of drug-likeness (QED) is 0.580. The first-order valence-electron chi connectivity index (χ1n) is 6.42. The van der Waals surface area contributed by atoms with E-state index in [-0.39, 0.29) is 0 Å². The summed E-state index contributed by atoms with van der Waals surface area (Å²) in [5.74, 6) is 0. The van der Waals surface area contributed by atoms with Gasteiger partial charge in [0.05, 0.1) is 15.7 Å². The van der Waals surface area contributed by atoms with Crippen LogP contribution in [0.15, 0.2) is 35.2 Å². The molecule has 0 aliphatic carbocycles. The van der Waals surface area contributed by atoms with E-state index in [1.165, 1.54) is 4.57 Å². The summed E-state index contributed by atoms with van der Waals surface area (Å²) < 4.78 is 29.7. The van der Waals surface area contributed by atoms with Crippen LogP contribution in [0.1, 0.15) is 13.8 Å². The highest BCUT2D eigenvalue weighted by molar-refractivity contribution is 7.71. The zero-order chi connectivity index (χ0) is 15.9. The number of aromatic nitrogens is 4. The SMILES string of the molecule is C/C=C\C(=C/C)n1c(=O)n([SH](=O)=O)c2cc3snnc3cc21. The molecule has 2 heterocycles. The summed E-state index contributed by atoms with van der Waals surface area (Å²) in [6.45, 7) is 3.61. The van der Waals surface area contributed by atoms with Crippen molar-refractivity contribution in [2.45, 2.75) is 13.8 Å². The Labute approximate surface area is 131 Å². The minimum absolute atomic E-state index is 0.323. The molecule has 0 saturated heterocycles. The van der Waals surface area contributed by atoms with Gasteiger partial charge < -0.3 is 0 Å². The number of benzene rings is 1. The molecule has 0 N–H and O–H groups in total. The second-order valence-corrected chi connectivity index (χ2v) is 6.12. The first-order chi connectivity index (χ1) is 10.6. The van der Waals surface area contributed by atoms with Crippen molar-refractivity contribution in [3.8, 4) is 0 Å². The van der Waals surface area contributed by atoms with Crippen LogP contribution in [0, 0.1) is 0 Å². The molecule has 3 rings (SSSR count). The average molecular weight is 336 g/mol. The van der Waals surface area contributed by atoms with E-state index in [0.717, 1.165) is 20.2 Å². The molecule has 0 amide bonds. The Hall–Kier alpha value is -2.26. The van der Waals surface area contributed by atoms with Gasteiger partial charge in [-0.05, 0) is 43.6 Å². The number of fused-ring (bicyclic) bond motifs is 2. The highest BCUT2D eigenvalue weighted by Gasteiger charge is 2.18. The van der Waals surface area contributed by atoms with E-state index in [1.807, 2.05) is 6.92 Å². The smallest absolute Gasteiger partial charge is 0.260 e. The number of imidazole rings is 1. The number of allylic oxidation sites excluding steroid dienone is 4. The third-order valence-corrected chi connectivity index (χ3v) is 4.64. The average Bonchev–Trinajstić information content (AvgIpc) is 3.03. The lowest BCUT2D eigenvalue weighted by Gasteiger charge is -2.03. The van der Waals surface area contributed by atoms with Crippen LogP contribution in [0.5, 0.6) is 0 Å². The molecule has 9 heteroatoms. The molecule has 0 fully saturated rings. The van der Waals surface area contributed by atoms with Gasteiger partial charge in [-0.3, -0.25) is 4.57 Å². The Morgan fingerprint density at radius 2 is 2.05 bits per heavy atom. The van der Waals surface area contributed by atoms with E-state index in [0.29, 0.717) is 22.2 Å². The van der Waals surface area contributed by atoms with Gasteiger partial charge in [0, 0.05) is 5.70 Å². The molecule has 0 radical (unpaired) electrons. The maximum absolute atomic E-state index is 12.5. The van der Waals surface area contributed by atoms with E-state index in [9.17, 15) is 13.2 Å². The van der Waals surface area contributed by atoms with Crippen LogP contribution >= 0.6 is 11.5 Å². The summed E-state index contributed by atoms with van der Waals surface area (Å²) in [7, 11) is -3.08. The fourth-order valence-electron chi connectivity index (χ4n) is 2.33. The molecule has 0 bridgehead atoms. The van der Waals surface area contributed by atoms with Gasteiger partial charge in [-0.15, -0.1) is 5.10 Å². The topological polar surface area (TPSA) is 86.9 Å². The molecule has 0 saturated carbocycles. The third kappa shape index (κ3) is 2.09. The van der Waals surface area contributed by atoms with Crippen LogP contribution < -0.4 is 5.69 Å². The van der Waals surface area contributed by atoms with Gasteiger partial charge in [0.25, 0.3) is 0 Å².